The second kappa shape index (κ2) is 8.58. The average molecular weight is 460 g/mol. The van der Waals surface area contributed by atoms with Crippen LogP contribution in [0.1, 0.15) is 70.0 Å². The zero-order valence-electron chi connectivity index (χ0n) is 21.2. The van der Waals surface area contributed by atoms with Crippen LogP contribution in [0.4, 0.5) is 5.82 Å². The molecule has 0 unspecified atom stereocenters. The Hall–Kier alpha value is -3.12. The molecule has 0 radical (unpaired) electrons. The summed E-state index contributed by atoms with van der Waals surface area (Å²) < 4.78 is 2.27. The molecule has 180 valence electrons. The van der Waals surface area contributed by atoms with Crippen molar-refractivity contribution in [1.82, 2.24) is 14.5 Å². The number of anilines is 1. The first-order valence-corrected chi connectivity index (χ1v) is 12.1. The predicted octanol–water partition coefficient (Wildman–Crippen LogP) is 5.59. The molecule has 0 atom stereocenters. The Morgan fingerprint density at radius 3 is 2.41 bits per heavy atom. The van der Waals surface area contributed by atoms with Gasteiger partial charge in [0.05, 0.1) is 11.0 Å². The van der Waals surface area contributed by atoms with E-state index in [9.17, 15) is 5.11 Å². The number of aromatic nitrogens is 3. The van der Waals surface area contributed by atoms with Crippen molar-refractivity contribution in [3.63, 3.8) is 0 Å². The minimum absolute atomic E-state index is 0.247. The van der Waals surface area contributed by atoms with E-state index in [1.165, 1.54) is 0 Å². The number of imidazole rings is 1. The summed E-state index contributed by atoms with van der Waals surface area (Å²) in [5.41, 5.74) is 18.1. The molecule has 0 saturated carbocycles. The molecule has 4 rings (SSSR count). The van der Waals surface area contributed by atoms with E-state index in [1.807, 2.05) is 19.1 Å². The van der Waals surface area contributed by atoms with Gasteiger partial charge in [0.15, 0.2) is 5.82 Å². The lowest BCUT2D eigenvalue weighted by Crippen LogP contribution is -2.50. The molecule has 2 aromatic carbocycles. The van der Waals surface area contributed by atoms with Crippen molar-refractivity contribution in [2.24, 2.45) is 5.73 Å². The summed E-state index contributed by atoms with van der Waals surface area (Å²) in [7, 11) is 0. The fourth-order valence-electron chi connectivity index (χ4n) is 4.41. The van der Waals surface area contributed by atoms with Crippen molar-refractivity contribution in [3.05, 3.63) is 58.9 Å². The first kappa shape index (κ1) is 24.0. The average Bonchev–Trinajstić information content (AvgIpc) is 3.12. The van der Waals surface area contributed by atoms with Gasteiger partial charge in [0, 0.05) is 29.3 Å². The summed E-state index contributed by atoms with van der Waals surface area (Å²) >= 11 is 0. The molecule has 0 bridgehead atoms. The van der Waals surface area contributed by atoms with Gasteiger partial charge in [-0.05, 0) is 56.0 Å². The molecule has 34 heavy (non-hydrogen) atoms. The summed E-state index contributed by atoms with van der Waals surface area (Å²) in [6.45, 7) is 13.2. The number of nitrogen functional groups attached to an aromatic ring is 1. The van der Waals surface area contributed by atoms with Gasteiger partial charge in [-0.1, -0.05) is 51.5 Å². The van der Waals surface area contributed by atoms with E-state index in [2.05, 4.69) is 57.4 Å². The summed E-state index contributed by atoms with van der Waals surface area (Å²) in [5, 5.41) is 11.0. The first-order valence-electron chi connectivity index (χ1n) is 12.1. The standard InChI is InChI=1S/C28H37N5O/c1-7-8-9-23-32-24-25(33(23)16-18-10-13-22(34)17(2)14-18)20-12-11-19(15-21(20)31-26(24)29)27(3,4)28(5,6)30/h10-15,34H,7-9,16,30H2,1-6H3,(H2,29,31). The van der Waals surface area contributed by atoms with Crippen molar-refractivity contribution in [2.45, 2.75) is 78.3 Å². The highest BCUT2D eigenvalue weighted by Gasteiger charge is 2.35. The number of unbranched alkanes of at least 4 members (excludes halogenated alkanes) is 1. The number of pyridine rings is 1. The van der Waals surface area contributed by atoms with Gasteiger partial charge in [0.25, 0.3) is 0 Å². The first-order chi connectivity index (χ1) is 15.9. The third-order valence-electron chi connectivity index (χ3n) is 7.47. The summed E-state index contributed by atoms with van der Waals surface area (Å²) in [6.07, 6.45) is 3.01. The summed E-state index contributed by atoms with van der Waals surface area (Å²) in [4.78, 5) is 9.71. The Balaban J connectivity index is 1.95. The Kier molecular flexibility index (Phi) is 6.06. The van der Waals surface area contributed by atoms with Crippen molar-refractivity contribution in [2.75, 3.05) is 5.73 Å². The van der Waals surface area contributed by atoms with Gasteiger partial charge >= 0.3 is 0 Å². The van der Waals surface area contributed by atoms with E-state index in [0.717, 1.165) is 63.7 Å². The van der Waals surface area contributed by atoms with Crippen LogP contribution in [0, 0.1) is 6.92 Å². The Morgan fingerprint density at radius 2 is 1.76 bits per heavy atom. The Labute approximate surface area is 202 Å². The Bertz CT molecular complexity index is 1360. The number of phenols is 1. The van der Waals surface area contributed by atoms with E-state index < -0.39 is 5.54 Å². The minimum Gasteiger partial charge on any atom is -0.508 e. The van der Waals surface area contributed by atoms with Crippen LogP contribution in [0.3, 0.4) is 0 Å². The fraction of sp³-hybridized carbons (Fsp3) is 0.429. The molecular weight excluding hydrogens is 422 g/mol. The normalized spacial score (nSPS) is 12.7. The van der Waals surface area contributed by atoms with Gasteiger partial charge in [-0.15, -0.1) is 0 Å². The quantitative estimate of drug-likeness (QED) is 0.334. The van der Waals surface area contributed by atoms with Crippen LogP contribution in [0.2, 0.25) is 0 Å². The second-order valence-electron chi connectivity index (χ2n) is 10.6. The van der Waals surface area contributed by atoms with Gasteiger partial charge in [-0.3, -0.25) is 0 Å². The van der Waals surface area contributed by atoms with Crippen molar-refractivity contribution >= 4 is 27.8 Å². The summed E-state index contributed by atoms with van der Waals surface area (Å²) in [5.74, 6) is 1.77. The van der Waals surface area contributed by atoms with Crippen molar-refractivity contribution < 1.29 is 5.11 Å². The lowest BCUT2D eigenvalue weighted by atomic mass is 9.70. The number of nitrogens with two attached hydrogens (primary N) is 2. The highest BCUT2D eigenvalue weighted by atomic mass is 16.3. The van der Waals surface area contributed by atoms with Gasteiger partial charge in [-0.2, -0.15) is 0 Å². The molecule has 0 saturated heterocycles. The highest BCUT2D eigenvalue weighted by Crippen LogP contribution is 2.37. The fourth-order valence-corrected chi connectivity index (χ4v) is 4.41. The third-order valence-corrected chi connectivity index (χ3v) is 7.47. The number of phenolic OH excluding ortho intramolecular Hbond substituents is 1. The third kappa shape index (κ3) is 4.11. The molecule has 0 amide bonds. The van der Waals surface area contributed by atoms with Gasteiger partial charge in [0.1, 0.15) is 17.1 Å². The maximum Gasteiger partial charge on any atom is 0.152 e. The zero-order valence-corrected chi connectivity index (χ0v) is 21.2. The van der Waals surface area contributed by atoms with Crippen LogP contribution in [0.5, 0.6) is 5.75 Å². The van der Waals surface area contributed by atoms with Gasteiger partial charge in [-0.25, -0.2) is 9.97 Å². The number of aromatic hydroxyl groups is 1. The van der Waals surface area contributed by atoms with Gasteiger partial charge < -0.3 is 21.1 Å². The minimum atomic E-state index is -0.401. The summed E-state index contributed by atoms with van der Waals surface area (Å²) in [6, 6.07) is 12.2. The molecule has 0 aliphatic carbocycles. The van der Waals surface area contributed by atoms with Crippen LogP contribution in [0.15, 0.2) is 36.4 Å². The van der Waals surface area contributed by atoms with Crippen molar-refractivity contribution in [1.29, 1.82) is 0 Å². The van der Waals surface area contributed by atoms with Gasteiger partial charge in [0.2, 0.25) is 0 Å². The van der Waals surface area contributed by atoms with E-state index in [1.54, 1.807) is 6.07 Å². The molecule has 0 aliphatic rings. The highest BCUT2D eigenvalue weighted by molar-refractivity contribution is 6.06. The molecule has 6 nitrogen and oxygen atoms in total. The number of nitrogens with zero attached hydrogens (tertiary/aromatic N) is 3. The maximum absolute atomic E-state index is 9.99. The molecule has 2 aromatic heterocycles. The van der Waals surface area contributed by atoms with E-state index in [4.69, 9.17) is 21.4 Å². The van der Waals surface area contributed by atoms with Crippen LogP contribution in [0.25, 0.3) is 21.9 Å². The number of rotatable bonds is 7. The van der Waals surface area contributed by atoms with Crippen LogP contribution < -0.4 is 11.5 Å². The largest absolute Gasteiger partial charge is 0.508 e. The topological polar surface area (TPSA) is 103 Å². The van der Waals surface area contributed by atoms with E-state index in [0.29, 0.717) is 18.1 Å². The molecule has 4 aromatic rings. The van der Waals surface area contributed by atoms with E-state index in [-0.39, 0.29) is 5.41 Å². The maximum atomic E-state index is 9.99. The molecule has 2 heterocycles. The number of aryl methyl sites for hydroxylation is 2. The number of hydrogen-bond acceptors (Lipinski definition) is 5. The lowest BCUT2D eigenvalue weighted by molar-refractivity contribution is 0.306. The monoisotopic (exact) mass is 459 g/mol. The molecule has 0 fully saturated rings. The van der Waals surface area contributed by atoms with Crippen LogP contribution in [-0.2, 0) is 18.4 Å². The van der Waals surface area contributed by atoms with Crippen molar-refractivity contribution in [3.8, 4) is 5.75 Å². The number of hydrogen-bond donors (Lipinski definition) is 3. The number of fused-ring (bicyclic) bond motifs is 3. The van der Waals surface area contributed by atoms with Crippen LogP contribution in [-0.4, -0.2) is 25.2 Å². The SMILES string of the molecule is CCCCc1nc2c(N)nc3cc(C(C)(C)C(C)(C)N)ccc3c2n1Cc1ccc(O)c(C)c1. The molecule has 0 spiro atoms. The smallest absolute Gasteiger partial charge is 0.152 e. The molecule has 0 aliphatic heterocycles. The predicted molar refractivity (Wildman–Crippen MR) is 141 cm³/mol. The van der Waals surface area contributed by atoms with E-state index >= 15 is 0 Å². The molecule has 5 N–H and O–H groups in total. The second-order valence-corrected chi connectivity index (χ2v) is 10.6. The Morgan fingerprint density at radius 1 is 1.03 bits per heavy atom. The lowest BCUT2D eigenvalue weighted by Gasteiger charge is -2.39. The zero-order chi connectivity index (χ0) is 24.8. The van der Waals surface area contributed by atoms with Crippen LogP contribution >= 0.6 is 0 Å². The number of benzene rings is 2. The molecule has 6 heteroatoms. The molecular formula is C28H37N5O.